The van der Waals surface area contributed by atoms with Crippen LogP contribution in [0.2, 0.25) is 5.02 Å². The molecule has 0 aromatic heterocycles. The molecular weight excluding hydrogens is 341 g/mol. The van der Waals surface area contributed by atoms with E-state index < -0.39 is 18.2 Å². The Morgan fingerprint density at radius 3 is 2.38 bits per heavy atom. The highest BCUT2D eigenvalue weighted by Crippen LogP contribution is 2.27. The Kier molecular flexibility index (Phi) is 6.37. The van der Waals surface area contributed by atoms with Crippen molar-refractivity contribution in [1.29, 1.82) is 0 Å². The summed E-state index contributed by atoms with van der Waals surface area (Å²) in [7, 11) is 0. The summed E-state index contributed by atoms with van der Waals surface area (Å²) in [5.74, 6) is -0.658. The Hall–Kier alpha value is -1.88. The van der Waals surface area contributed by atoms with Gasteiger partial charge in [0.2, 0.25) is 0 Å². The first-order chi connectivity index (χ1) is 11.3. The largest absolute Gasteiger partial charge is 0.489 e. The Morgan fingerprint density at radius 2 is 1.75 bits per heavy atom. The van der Waals surface area contributed by atoms with Gasteiger partial charge >= 0.3 is 6.61 Å². The van der Waals surface area contributed by atoms with E-state index in [9.17, 15) is 13.2 Å². The van der Waals surface area contributed by atoms with Crippen LogP contribution in [0.15, 0.2) is 36.4 Å². The molecule has 0 heterocycles. The molecule has 1 unspecified atom stereocenters. The lowest BCUT2D eigenvalue weighted by Crippen LogP contribution is -2.13. The van der Waals surface area contributed by atoms with Crippen LogP contribution in [0.4, 0.5) is 13.2 Å². The fourth-order valence-corrected chi connectivity index (χ4v) is 2.52. The van der Waals surface area contributed by atoms with Crippen LogP contribution in [-0.4, -0.2) is 12.7 Å². The topological polar surface area (TPSA) is 18.5 Å². The van der Waals surface area contributed by atoms with Crippen LogP contribution in [0.25, 0.3) is 0 Å². The molecule has 0 N–H and O–H groups in total. The molecule has 2 rings (SSSR count). The van der Waals surface area contributed by atoms with Crippen LogP contribution in [0, 0.1) is 12.7 Å². The zero-order valence-corrected chi connectivity index (χ0v) is 14.1. The second kappa shape index (κ2) is 8.29. The molecule has 24 heavy (non-hydrogen) atoms. The van der Waals surface area contributed by atoms with Crippen molar-refractivity contribution in [2.45, 2.75) is 39.4 Å². The number of rotatable bonds is 7. The first-order valence-corrected chi connectivity index (χ1v) is 7.89. The first kappa shape index (κ1) is 18.5. The smallest absolute Gasteiger partial charge is 0.387 e. The van der Waals surface area contributed by atoms with Crippen LogP contribution in [-0.2, 0) is 6.42 Å². The minimum Gasteiger partial charge on any atom is -0.489 e. The minimum absolute atomic E-state index is 0.134. The summed E-state index contributed by atoms with van der Waals surface area (Å²) < 4.78 is 47.7. The number of ether oxygens (including phenoxy) is 2. The molecule has 0 aliphatic heterocycles. The fraction of sp³-hybridized carbons (Fsp3) is 0.333. The van der Waals surface area contributed by atoms with E-state index in [-0.39, 0.29) is 6.10 Å². The van der Waals surface area contributed by atoms with Crippen molar-refractivity contribution >= 4 is 11.6 Å². The van der Waals surface area contributed by atoms with Crippen molar-refractivity contribution < 1.29 is 22.6 Å². The maximum atomic E-state index is 13.7. The predicted molar refractivity (Wildman–Crippen MR) is 87.6 cm³/mol. The maximum absolute atomic E-state index is 13.7. The van der Waals surface area contributed by atoms with Gasteiger partial charge in [-0.25, -0.2) is 4.39 Å². The highest BCUT2D eigenvalue weighted by atomic mass is 35.5. The lowest BCUT2D eigenvalue weighted by atomic mass is 10.1. The SMILES string of the molecule is Cc1ccc(OC(C)CCc2ccc(OC(F)F)c(F)c2)c(Cl)c1. The van der Waals surface area contributed by atoms with Crippen LogP contribution in [0.5, 0.6) is 11.5 Å². The summed E-state index contributed by atoms with van der Waals surface area (Å²) in [6.45, 7) is 0.786. The van der Waals surface area contributed by atoms with E-state index >= 15 is 0 Å². The van der Waals surface area contributed by atoms with Crippen molar-refractivity contribution in [3.8, 4) is 11.5 Å². The molecule has 2 nitrogen and oxygen atoms in total. The standard InChI is InChI=1S/C18H18ClF3O2/c1-11-3-7-16(14(19)9-11)23-12(2)4-5-13-6-8-17(15(20)10-13)24-18(21)22/h3,6-10,12,18H,4-5H2,1-2H3. The number of hydrogen-bond acceptors (Lipinski definition) is 2. The molecule has 0 fully saturated rings. The minimum atomic E-state index is -3.04. The molecule has 0 aliphatic carbocycles. The van der Waals surface area contributed by atoms with Gasteiger partial charge in [0.1, 0.15) is 5.75 Å². The molecule has 0 aliphatic rings. The third kappa shape index (κ3) is 5.34. The second-order valence-corrected chi connectivity index (χ2v) is 5.95. The summed E-state index contributed by atoms with van der Waals surface area (Å²) in [5, 5.41) is 0.543. The predicted octanol–water partition coefficient (Wildman–Crippen LogP) is 5.79. The highest BCUT2D eigenvalue weighted by molar-refractivity contribution is 6.32. The van der Waals surface area contributed by atoms with Crippen LogP contribution in [0.1, 0.15) is 24.5 Å². The van der Waals surface area contributed by atoms with Crippen molar-refractivity contribution in [3.05, 3.63) is 58.4 Å². The van der Waals surface area contributed by atoms with Gasteiger partial charge in [0.05, 0.1) is 11.1 Å². The molecule has 2 aromatic rings. The Bertz CT molecular complexity index is 692. The van der Waals surface area contributed by atoms with Crippen LogP contribution >= 0.6 is 11.6 Å². The number of halogens is 4. The van der Waals surface area contributed by atoms with Crippen molar-refractivity contribution in [2.75, 3.05) is 0 Å². The molecule has 6 heteroatoms. The summed E-state index contributed by atoms with van der Waals surface area (Å²) in [6, 6.07) is 9.50. The van der Waals surface area contributed by atoms with Gasteiger partial charge in [-0.3, -0.25) is 0 Å². The third-order valence-electron chi connectivity index (χ3n) is 3.47. The quantitative estimate of drug-likeness (QED) is 0.623. The third-order valence-corrected chi connectivity index (χ3v) is 3.76. The number of alkyl halides is 2. The van der Waals surface area contributed by atoms with Gasteiger partial charge in [-0.2, -0.15) is 8.78 Å². The van der Waals surface area contributed by atoms with E-state index in [0.29, 0.717) is 29.2 Å². The molecule has 0 saturated heterocycles. The van der Waals surface area contributed by atoms with Gasteiger partial charge in [-0.15, -0.1) is 0 Å². The average molecular weight is 359 g/mol. The molecule has 0 spiro atoms. The van der Waals surface area contributed by atoms with E-state index in [4.69, 9.17) is 16.3 Å². The molecule has 1 atom stereocenters. The highest BCUT2D eigenvalue weighted by Gasteiger charge is 2.12. The summed E-state index contributed by atoms with van der Waals surface area (Å²) in [6.07, 6.45) is 1.03. The normalized spacial score (nSPS) is 12.3. The monoisotopic (exact) mass is 358 g/mol. The van der Waals surface area contributed by atoms with E-state index in [1.165, 1.54) is 12.1 Å². The van der Waals surface area contributed by atoms with Gasteiger partial charge in [0.25, 0.3) is 0 Å². The van der Waals surface area contributed by atoms with Crippen molar-refractivity contribution in [2.24, 2.45) is 0 Å². The van der Waals surface area contributed by atoms with E-state index in [0.717, 1.165) is 5.56 Å². The Labute approximate surface area is 144 Å². The van der Waals surface area contributed by atoms with Crippen molar-refractivity contribution in [3.63, 3.8) is 0 Å². The Morgan fingerprint density at radius 1 is 1.04 bits per heavy atom. The number of aryl methyl sites for hydroxylation is 2. The maximum Gasteiger partial charge on any atom is 0.387 e. The molecule has 0 bridgehead atoms. The van der Waals surface area contributed by atoms with Crippen LogP contribution < -0.4 is 9.47 Å². The lowest BCUT2D eigenvalue weighted by Gasteiger charge is -2.16. The Balaban J connectivity index is 1.91. The summed E-state index contributed by atoms with van der Waals surface area (Å²) in [5.41, 5.74) is 1.72. The molecule has 0 saturated carbocycles. The zero-order chi connectivity index (χ0) is 17.7. The average Bonchev–Trinajstić information content (AvgIpc) is 2.50. The van der Waals surface area contributed by atoms with Crippen LogP contribution in [0.3, 0.4) is 0 Å². The molecule has 0 radical (unpaired) electrons. The number of hydrogen-bond donors (Lipinski definition) is 0. The van der Waals surface area contributed by atoms with Gasteiger partial charge in [0.15, 0.2) is 11.6 Å². The second-order valence-electron chi connectivity index (χ2n) is 5.54. The molecule has 0 amide bonds. The van der Waals surface area contributed by atoms with Gasteiger partial charge in [-0.1, -0.05) is 23.7 Å². The van der Waals surface area contributed by atoms with Gasteiger partial charge in [-0.05, 0) is 62.1 Å². The lowest BCUT2D eigenvalue weighted by molar-refractivity contribution is -0.0522. The summed E-state index contributed by atoms with van der Waals surface area (Å²) in [4.78, 5) is 0. The van der Waals surface area contributed by atoms with E-state index in [1.807, 2.05) is 32.0 Å². The van der Waals surface area contributed by atoms with E-state index in [1.54, 1.807) is 6.07 Å². The van der Waals surface area contributed by atoms with E-state index in [2.05, 4.69) is 4.74 Å². The summed E-state index contributed by atoms with van der Waals surface area (Å²) >= 11 is 6.12. The molecular formula is C18H18ClF3O2. The first-order valence-electron chi connectivity index (χ1n) is 7.51. The zero-order valence-electron chi connectivity index (χ0n) is 13.4. The fourth-order valence-electron chi connectivity index (χ4n) is 2.24. The molecule has 130 valence electrons. The number of benzene rings is 2. The molecule has 2 aromatic carbocycles. The van der Waals surface area contributed by atoms with Gasteiger partial charge < -0.3 is 9.47 Å². The van der Waals surface area contributed by atoms with Crippen molar-refractivity contribution in [1.82, 2.24) is 0 Å². The van der Waals surface area contributed by atoms with Gasteiger partial charge in [0, 0.05) is 0 Å².